The van der Waals surface area contributed by atoms with E-state index in [4.69, 9.17) is 0 Å². The molecule has 0 aliphatic heterocycles. The van der Waals surface area contributed by atoms with Crippen molar-refractivity contribution in [2.45, 2.75) is 19.8 Å². The summed E-state index contributed by atoms with van der Waals surface area (Å²) in [7, 11) is 3.73. The van der Waals surface area contributed by atoms with Crippen molar-refractivity contribution in [3.8, 4) is 0 Å². The third-order valence-corrected chi connectivity index (χ3v) is 2.21. The maximum Gasteiger partial charge on any atom is 0.168 e. The molecule has 1 aromatic carbocycles. The molecule has 0 unspecified atom stereocenters. The maximum atomic E-state index is 11.9. The van der Waals surface area contributed by atoms with E-state index in [2.05, 4.69) is 5.10 Å². The van der Waals surface area contributed by atoms with Gasteiger partial charge in [-0.3, -0.25) is 4.79 Å². The Morgan fingerprint density at radius 1 is 1.25 bits per heavy atom. The molecule has 16 heavy (non-hydrogen) atoms. The highest BCUT2D eigenvalue weighted by molar-refractivity contribution is 6.09. The summed E-state index contributed by atoms with van der Waals surface area (Å²) in [5.41, 5.74) is 1.67. The molecule has 1 aromatic rings. The van der Waals surface area contributed by atoms with Crippen LogP contribution in [0, 0.1) is 0 Å². The third kappa shape index (κ3) is 3.85. The van der Waals surface area contributed by atoms with Gasteiger partial charge in [0.15, 0.2) is 5.78 Å². The Morgan fingerprint density at radius 3 is 2.38 bits per heavy atom. The van der Waals surface area contributed by atoms with Gasteiger partial charge in [-0.2, -0.15) is 5.10 Å². The first-order valence-corrected chi connectivity index (χ1v) is 5.45. The average Bonchev–Trinajstić information content (AvgIpc) is 2.28. The molecule has 0 aliphatic rings. The zero-order valence-corrected chi connectivity index (χ0v) is 10.1. The highest BCUT2D eigenvalue weighted by atomic mass is 16.1. The Hall–Kier alpha value is -1.64. The summed E-state index contributed by atoms with van der Waals surface area (Å²) >= 11 is 0. The second-order valence-electron chi connectivity index (χ2n) is 3.83. The van der Waals surface area contributed by atoms with Crippen LogP contribution in [0.15, 0.2) is 35.4 Å². The summed E-state index contributed by atoms with van der Waals surface area (Å²) in [6, 6.07) is 9.34. The molecule has 86 valence electrons. The van der Waals surface area contributed by atoms with Gasteiger partial charge in [0.2, 0.25) is 0 Å². The van der Waals surface area contributed by atoms with Crippen molar-refractivity contribution in [2.24, 2.45) is 5.10 Å². The highest BCUT2D eigenvalue weighted by Crippen LogP contribution is 2.05. The molecule has 1 rings (SSSR count). The second kappa shape index (κ2) is 6.05. The van der Waals surface area contributed by atoms with Crippen LogP contribution >= 0.6 is 0 Å². The van der Waals surface area contributed by atoms with E-state index in [1.807, 2.05) is 51.4 Å². The minimum Gasteiger partial charge on any atom is -0.303 e. The van der Waals surface area contributed by atoms with Crippen LogP contribution in [0.5, 0.6) is 0 Å². The van der Waals surface area contributed by atoms with Crippen LogP contribution in [0.1, 0.15) is 30.1 Å². The lowest BCUT2D eigenvalue weighted by molar-refractivity contribution is 0.1000. The zero-order valence-electron chi connectivity index (χ0n) is 10.1. The zero-order chi connectivity index (χ0) is 12.0. The highest BCUT2D eigenvalue weighted by Gasteiger charge is 2.08. The smallest absolute Gasteiger partial charge is 0.168 e. The van der Waals surface area contributed by atoms with E-state index in [0.717, 1.165) is 17.7 Å². The summed E-state index contributed by atoms with van der Waals surface area (Å²) in [4.78, 5) is 11.9. The number of Topliss-reactive ketones (excluding diaryl/α,β-unsaturated/α-hetero) is 1. The summed E-state index contributed by atoms with van der Waals surface area (Å²) in [6.07, 6.45) is 1.20. The number of benzene rings is 1. The van der Waals surface area contributed by atoms with Crippen molar-refractivity contribution in [1.82, 2.24) is 5.01 Å². The normalized spacial score (nSPS) is 11.3. The van der Waals surface area contributed by atoms with Crippen molar-refractivity contribution >= 4 is 11.5 Å². The summed E-state index contributed by atoms with van der Waals surface area (Å²) in [5, 5.41) is 6.02. The number of nitrogens with zero attached hydrogens (tertiary/aromatic N) is 2. The van der Waals surface area contributed by atoms with E-state index in [1.165, 1.54) is 0 Å². The van der Waals surface area contributed by atoms with E-state index >= 15 is 0 Å². The molecule has 0 saturated heterocycles. The van der Waals surface area contributed by atoms with Crippen molar-refractivity contribution in [3.63, 3.8) is 0 Å². The van der Waals surface area contributed by atoms with Crippen LogP contribution in [0.4, 0.5) is 0 Å². The second-order valence-corrected chi connectivity index (χ2v) is 3.83. The van der Waals surface area contributed by atoms with Crippen LogP contribution in [-0.4, -0.2) is 30.6 Å². The molecular formula is C13H18N2O. The number of hydrazone groups is 1. The molecule has 0 aliphatic carbocycles. The molecule has 0 fully saturated rings. The molecule has 0 aromatic heterocycles. The quantitative estimate of drug-likeness (QED) is 0.432. The van der Waals surface area contributed by atoms with Gasteiger partial charge < -0.3 is 5.01 Å². The van der Waals surface area contributed by atoms with Crippen LogP contribution < -0.4 is 0 Å². The van der Waals surface area contributed by atoms with Gasteiger partial charge in [-0.1, -0.05) is 37.3 Å². The van der Waals surface area contributed by atoms with Gasteiger partial charge in [-0.25, -0.2) is 0 Å². The minimum absolute atomic E-state index is 0.128. The molecule has 3 heteroatoms. The first kappa shape index (κ1) is 12.4. The SMILES string of the molecule is CCC(CC(=O)c1ccccc1)=NN(C)C. The number of rotatable bonds is 5. The van der Waals surface area contributed by atoms with Crippen molar-refractivity contribution < 1.29 is 4.79 Å². The Bertz CT molecular complexity index is 369. The topological polar surface area (TPSA) is 32.7 Å². The molecule has 0 radical (unpaired) electrons. The van der Waals surface area contributed by atoms with Crippen LogP contribution in [0.2, 0.25) is 0 Å². The monoisotopic (exact) mass is 218 g/mol. The van der Waals surface area contributed by atoms with Gasteiger partial charge in [0.1, 0.15) is 0 Å². The van der Waals surface area contributed by atoms with E-state index in [1.54, 1.807) is 5.01 Å². The first-order valence-electron chi connectivity index (χ1n) is 5.45. The number of ketones is 1. The Kier molecular flexibility index (Phi) is 4.70. The van der Waals surface area contributed by atoms with Crippen molar-refractivity contribution in [3.05, 3.63) is 35.9 Å². The van der Waals surface area contributed by atoms with Gasteiger partial charge in [0.25, 0.3) is 0 Å². The summed E-state index contributed by atoms with van der Waals surface area (Å²) in [5.74, 6) is 0.128. The first-order chi connectivity index (χ1) is 7.63. The Morgan fingerprint density at radius 2 is 1.88 bits per heavy atom. The van der Waals surface area contributed by atoms with E-state index < -0.39 is 0 Å². The predicted octanol–water partition coefficient (Wildman–Crippen LogP) is 2.59. The molecule has 3 nitrogen and oxygen atoms in total. The number of carbonyl (C=O) groups excluding carboxylic acids is 1. The Balaban J connectivity index is 2.70. The third-order valence-electron chi connectivity index (χ3n) is 2.21. The van der Waals surface area contributed by atoms with Crippen molar-refractivity contribution in [2.75, 3.05) is 14.1 Å². The molecule has 0 bridgehead atoms. The fourth-order valence-electron chi connectivity index (χ4n) is 1.43. The molecule has 0 spiro atoms. The summed E-state index contributed by atoms with van der Waals surface area (Å²) < 4.78 is 0. The molecular weight excluding hydrogens is 200 g/mol. The summed E-state index contributed by atoms with van der Waals surface area (Å²) in [6.45, 7) is 2.01. The minimum atomic E-state index is 0.128. The molecule has 0 atom stereocenters. The maximum absolute atomic E-state index is 11.9. The van der Waals surface area contributed by atoms with Gasteiger partial charge in [0.05, 0.1) is 6.42 Å². The number of hydrogen-bond donors (Lipinski definition) is 0. The van der Waals surface area contributed by atoms with E-state index in [-0.39, 0.29) is 5.78 Å². The van der Waals surface area contributed by atoms with E-state index in [9.17, 15) is 4.79 Å². The van der Waals surface area contributed by atoms with Crippen LogP contribution in [-0.2, 0) is 0 Å². The number of hydrogen-bond acceptors (Lipinski definition) is 3. The predicted molar refractivity (Wildman–Crippen MR) is 66.8 cm³/mol. The largest absolute Gasteiger partial charge is 0.303 e. The lowest BCUT2D eigenvalue weighted by Crippen LogP contribution is -2.12. The van der Waals surface area contributed by atoms with Crippen molar-refractivity contribution in [1.29, 1.82) is 0 Å². The van der Waals surface area contributed by atoms with E-state index in [0.29, 0.717) is 6.42 Å². The van der Waals surface area contributed by atoms with Gasteiger partial charge in [-0.15, -0.1) is 0 Å². The Labute approximate surface area is 96.8 Å². The van der Waals surface area contributed by atoms with Gasteiger partial charge >= 0.3 is 0 Å². The standard InChI is InChI=1S/C13H18N2O/c1-4-12(14-15(2)3)10-13(16)11-8-6-5-7-9-11/h5-9H,4,10H2,1-3H3. The van der Waals surface area contributed by atoms with Crippen LogP contribution in [0.3, 0.4) is 0 Å². The fourth-order valence-corrected chi connectivity index (χ4v) is 1.43. The van der Waals surface area contributed by atoms with Gasteiger partial charge in [-0.05, 0) is 6.42 Å². The van der Waals surface area contributed by atoms with Crippen LogP contribution in [0.25, 0.3) is 0 Å². The molecule has 0 heterocycles. The molecule has 0 amide bonds. The molecule has 0 saturated carbocycles. The lowest BCUT2D eigenvalue weighted by Gasteiger charge is -2.08. The average molecular weight is 218 g/mol. The number of carbonyl (C=O) groups is 1. The lowest BCUT2D eigenvalue weighted by atomic mass is 10.0. The van der Waals surface area contributed by atoms with Gasteiger partial charge in [0, 0.05) is 25.4 Å². The molecule has 0 N–H and O–H groups in total. The fraction of sp³-hybridized carbons (Fsp3) is 0.385.